The van der Waals surface area contributed by atoms with Crippen molar-refractivity contribution in [3.05, 3.63) is 12.2 Å². The Bertz CT molecular complexity index is 742. The average molecular weight is 261 g/mol. The maximum atomic E-state index is 8.15. The molecule has 5 heteroatoms. The summed E-state index contributed by atoms with van der Waals surface area (Å²) in [4.78, 5) is 0. The third-order valence-corrected chi connectivity index (χ3v) is 3.29. The van der Waals surface area contributed by atoms with E-state index in [0.717, 1.165) is 0 Å². The van der Waals surface area contributed by atoms with Gasteiger partial charge in [0.05, 0.1) is 25.1 Å². The first-order valence-electron chi connectivity index (χ1n) is 11.0. The van der Waals surface area contributed by atoms with Crippen LogP contribution in [0.3, 0.4) is 0 Å². The Hall–Kier alpha value is -0.805. The van der Waals surface area contributed by atoms with Crippen molar-refractivity contribution in [3.8, 4) is 0 Å². The molecule has 2 heterocycles. The summed E-state index contributed by atoms with van der Waals surface area (Å²) in [5, 5.41) is 3.81. The lowest BCUT2D eigenvalue weighted by Crippen LogP contribution is -2.41. The van der Waals surface area contributed by atoms with Gasteiger partial charge < -0.3 is 9.31 Å². The summed E-state index contributed by atoms with van der Waals surface area (Å²) in [5.41, 5.74) is -5.62. The number of nitrogens with zero attached hydrogens (tertiary/aromatic N) is 2. The van der Waals surface area contributed by atoms with E-state index in [-0.39, 0.29) is 10.3 Å². The molecule has 1 aromatic rings. The molecule has 0 aliphatic carbocycles. The molecule has 0 radical (unpaired) electrons. The molecule has 0 bridgehead atoms. The largest absolute Gasteiger partial charge is 0.516 e. The summed E-state index contributed by atoms with van der Waals surface area (Å²) >= 11 is 0. The minimum absolute atomic E-state index is 0.0999. The van der Waals surface area contributed by atoms with E-state index in [4.69, 9.17) is 24.4 Å². The van der Waals surface area contributed by atoms with Crippen molar-refractivity contribution in [2.45, 2.75) is 65.0 Å². The van der Waals surface area contributed by atoms with Crippen molar-refractivity contribution in [3.63, 3.8) is 0 Å². The lowest BCUT2D eigenvalue weighted by molar-refractivity contribution is 0.00578. The molecule has 1 saturated heterocycles. The number of rotatable bonds is 1. The van der Waals surface area contributed by atoms with E-state index in [1.54, 1.807) is 27.7 Å². The Kier molecular flexibility index (Phi) is 1.13. The molecular formula is C13H23BN2O2. The van der Waals surface area contributed by atoms with Gasteiger partial charge in [-0.25, -0.2) is 0 Å². The van der Waals surface area contributed by atoms with Crippen molar-refractivity contribution in [1.29, 1.82) is 0 Å². The molecule has 0 amide bonds. The van der Waals surface area contributed by atoms with Crippen molar-refractivity contribution in [2.75, 3.05) is 0 Å². The Balaban J connectivity index is 2.80. The van der Waals surface area contributed by atoms with Crippen LogP contribution in [0.25, 0.3) is 0 Å². The average Bonchev–Trinajstić information content (AvgIpc) is 2.82. The molecule has 1 aromatic heterocycles. The van der Waals surface area contributed by atoms with E-state index in [9.17, 15) is 0 Å². The maximum absolute atomic E-state index is 8.15. The standard InChI is InChI=1S/C13H23BN2O2/c1-11(2,3)16-9-8-10(15-16)14-17-12(4,5)13(6,7)18-14/h8-9H,1-7H3/i1D3,2D3,3D3,8D,9D. The second kappa shape index (κ2) is 3.84. The Morgan fingerprint density at radius 2 is 1.83 bits per heavy atom. The molecular weight excluding hydrogens is 227 g/mol. The van der Waals surface area contributed by atoms with Crippen molar-refractivity contribution >= 4 is 12.7 Å². The quantitative estimate of drug-likeness (QED) is 0.725. The zero-order chi connectivity index (χ0) is 23.0. The number of hydrogen-bond donors (Lipinski definition) is 0. The van der Waals surface area contributed by atoms with Gasteiger partial charge in [-0.3, -0.25) is 4.68 Å². The predicted molar refractivity (Wildman–Crippen MR) is 72.9 cm³/mol. The molecule has 0 spiro atoms. The van der Waals surface area contributed by atoms with E-state index in [1.807, 2.05) is 0 Å². The molecule has 0 saturated carbocycles. The first-order chi connectivity index (χ1) is 12.6. The molecule has 0 atom stereocenters. The van der Waals surface area contributed by atoms with Crippen LogP contribution in [0.4, 0.5) is 0 Å². The van der Waals surface area contributed by atoms with Crippen LogP contribution in [0.15, 0.2) is 12.2 Å². The third-order valence-electron chi connectivity index (χ3n) is 3.29. The predicted octanol–water partition coefficient (Wildman–Crippen LogP) is 1.94. The monoisotopic (exact) mass is 261 g/mol. The molecule has 1 aliphatic rings. The summed E-state index contributed by atoms with van der Waals surface area (Å²) in [6, 6.07) is -0.675. The molecule has 0 unspecified atom stereocenters. The van der Waals surface area contributed by atoms with Gasteiger partial charge in [0, 0.05) is 18.5 Å². The van der Waals surface area contributed by atoms with Crippen molar-refractivity contribution < 1.29 is 24.4 Å². The minimum Gasteiger partial charge on any atom is -0.398 e. The van der Waals surface area contributed by atoms with E-state index >= 15 is 0 Å². The fourth-order valence-corrected chi connectivity index (χ4v) is 1.49. The van der Waals surface area contributed by atoms with Gasteiger partial charge in [-0.05, 0) is 54.3 Å². The lowest BCUT2D eigenvalue weighted by atomic mass is 9.85. The van der Waals surface area contributed by atoms with Crippen LogP contribution in [-0.2, 0) is 14.8 Å². The van der Waals surface area contributed by atoms with Crippen LogP contribution in [0, 0.1) is 0 Å². The van der Waals surface area contributed by atoms with Crippen LogP contribution in [0.5, 0.6) is 0 Å². The highest BCUT2D eigenvalue weighted by Gasteiger charge is 2.52. The molecule has 100 valence electrons. The van der Waals surface area contributed by atoms with Crippen LogP contribution in [0.2, 0.25) is 0 Å². The summed E-state index contributed by atoms with van der Waals surface area (Å²) in [6.45, 7) is -3.96. The summed E-state index contributed by atoms with van der Waals surface area (Å²) < 4.78 is 97.6. The Morgan fingerprint density at radius 3 is 2.33 bits per heavy atom. The van der Waals surface area contributed by atoms with Crippen LogP contribution in [-0.4, -0.2) is 28.1 Å². The smallest absolute Gasteiger partial charge is 0.398 e. The molecule has 2 rings (SSSR count). The highest BCUT2D eigenvalue weighted by atomic mass is 16.7. The first-order valence-corrected chi connectivity index (χ1v) is 5.54. The van der Waals surface area contributed by atoms with Gasteiger partial charge in [0.1, 0.15) is 0 Å². The second-order valence-electron chi connectivity index (χ2n) is 5.33. The minimum atomic E-state index is -3.61. The first kappa shape index (κ1) is 5.29. The SMILES string of the molecule is [2H]c1c(B2OC(C)(C)C(C)(C)O2)nn(C(C([2H])([2H])[2H])(C([2H])([2H])[2H])C([2H])([2H])[2H])c1[2H]. The van der Waals surface area contributed by atoms with Gasteiger partial charge >= 0.3 is 7.12 Å². The van der Waals surface area contributed by atoms with Crippen LogP contribution >= 0.6 is 0 Å². The van der Waals surface area contributed by atoms with E-state index in [0.29, 0.717) is 0 Å². The summed E-state index contributed by atoms with van der Waals surface area (Å²) in [6.07, 6.45) is -0.974. The second-order valence-corrected chi connectivity index (χ2v) is 5.33. The van der Waals surface area contributed by atoms with Crippen molar-refractivity contribution in [2.24, 2.45) is 0 Å². The lowest BCUT2D eigenvalue weighted by Gasteiger charge is -2.32. The van der Waals surface area contributed by atoms with Crippen molar-refractivity contribution in [1.82, 2.24) is 9.78 Å². The fraction of sp³-hybridized carbons (Fsp3) is 0.769. The van der Waals surface area contributed by atoms with Gasteiger partial charge in [-0.15, -0.1) is 0 Å². The molecule has 0 aromatic carbocycles. The molecule has 0 N–H and O–H groups in total. The normalized spacial score (nSPS) is 33.6. The zero-order valence-electron chi connectivity index (χ0n) is 21.8. The number of aromatic nitrogens is 2. The molecule has 18 heavy (non-hydrogen) atoms. The topological polar surface area (TPSA) is 36.3 Å². The van der Waals surface area contributed by atoms with Crippen LogP contribution in [0.1, 0.15) is 63.3 Å². The Morgan fingerprint density at radius 1 is 1.28 bits per heavy atom. The fourth-order valence-electron chi connectivity index (χ4n) is 1.49. The van der Waals surface area contributed by atoms with E-state index in [2.05, 4.69) is 5.10 Å². The molecule has 1 fully saturated rings. The Labute approximate surface area is 125 Å². The number of hydrogen-bond acceptors (Lipinski definition) is 3. The van der Waals surface area contributed by atoms with Gasteiger partial charge in [-0.2, -0.15) is 5.10 Å². The van der Waals surface area contributed by atoms with Crippen LogP contribution < -0.4 is 5.59 Å². The van der Waals surface area contributed by atoms with Gasteiger partial charge in [0.25, 0.3) is 0 Å². The van der Waals surface area contributed by atoms with E-state index < -0.39 is 56.6 Å². The van der Waals surface area contributed by atoms with Gasteiger partial charge in [0.15, 0.2) is 0 Å². The highest BCUT2D eigenvalue weighted by Crippen LogP contribution is 2.36. The summed E-state index contributed by atoms with van der Waals surface area (Å²) in [7, 11) is -1.31. The third kappa shape index (κ3) is 2.21. The maximum Gasteiger partial charge on any atom is 0.516 e. The summed E-state index contributed by atoms with van der Waals surface area (Å²) in [5.74, 6) is 0. The van der Waals surface area contributed by atoms with E-state index in [1.165, 1.54) is 0 Å². The molecule has 1 aliphatic heterocycles. The van der Waals surface area contributed by atoms with Gasteiger partial charge in [-0.1, -0.05) is 0 Å². The van der Waals surface area contributed by atoms with Gasteiger partial charge in [0.2, 0.25) is 0 Å². The highest BCUT2D eigenvalue weighted by molar-refractivity contribution is 6.61. The molecule has 4 nitrogen and oxygen atoms in total. The zero-order valence-corrected chi connectivity index (χ0v) is 10.8.